The highest BCUT2D eigenvalue weighted by molar-refractivity contribution is 6.24. The second-order valence-electron chi connectivity index (χ2n) is 7.80. The number of carbonyl (C=O) groups excluding carboxylic acids is 2. The van der Waals surface area contributed by atoms with Crippen molar-refractivity contribution < 1.29 is 29.0 Å². The number of phenols is 1. The second-order valence-corrected chi connectivity index (χ2v) is 7.80. The quantitative estimate of drug-likeness (QED) is 0.601. The standard InChI is InChI=1S/C25H22N2O6/c1-31-18-12-13-19(20(14-18)32-2)26-24(29)21-22(15-8-10-17(28)11-9-15)27(33-23(21)25(26)30)16-6-4-3-5-7-16/h3-14,21-23,28H,1-2H3/t21-,22-,23-/m1/s1. The molecule has 2 amide bonds. The van der Waals surface area contributed by atoms with E-state index in [1.807, 2.05) is 30.3 Å². The summed E-state index contributed by atoms with van der Waals surface area (Å²) in [5.74, 6) is -0.630. The molecule has 3 aromatic rings. The highest BCUT2D eigenvalue weighted by Crippen LogP contribution is 2.49. The van der Waals surface area contributed by atoms with Crippen LogP contribution in [0, 0.1) is 5.92 Å². The molecule has 0 spiro atoms. The van der Waals surface area contributed by atoms with E-state index in [4.69, 9.17) is 14.3 Å². The first-order chi connectivity index (χ1) is 16.0. The Kier molecular flexibility index (Phi) is 5.14. The number of imide groups is 1. The minimum absolute atomic E-state index is 0.110. The lowest BCUT2D eigenvalue weighted by atomic mass is 9.90. The van der Waals surface area contributed by atoms with E-state index in [2.05, 4.69) is 0 Å². The van der Waals surface area contributed by atoms with Crippen molar-refractivity contribution in [2.24, 2.45) is 5.92 Å². The second kappa shape index (κ2) is 8.14. The average Bonchev–Trinajstić information content (AvgIpc) is 3.35. The van der Waals surface area contributed by atoms with Crippen LogP contribution in [0.2, 0.25) is 0 Å². The van der Waals surface area contributed by atoms with Crippen LogP contribution in [0.4, 0.5) is 11.4 Å². The molecule has 168 valence electrons. The summed E-state index contributed by atoms with van der Waals surface area (Å²) >= 11 is 0. The topological polar surface area (TPSA) is 88.5 Å². The van der Waals surface area contributed by atoms with Gasteiger partial charge in [-0.05, 0) is 42.0 Å². The van der Waals surface area contributed by atoms with E-state index >= 15 is 0 Å². The van der Waals surface area contributed by atoms with Crippen LogP contribution in [0.1, 0.15) is 11.6 Å². The van der Waals surface area contributed by atoms with Crippen LogP contribution in [0.25, 0.3) is 0 Å². The Morgan fingerprint density at radius 1 is 0.879 bits per heavy atom. The molecule has 0 aliphatic carbocycles. The number of aromatic hydroxyl groups is 1. The van der Waals surface area contributed by atoms with Gasteiger partial charge in [-0.15, -0.1) is 0 Å². The van der Waals surface area contributed by atoms with E-state index in [0.29, 0.717) is 17.2 Å². The normalized spacial score (nSPS) is 21.9. The maximum Gasteiger partial charge on any atom is 0.266 e. The lowest BCUT2D eigenvalue weighted by Crippen LogP contribution is -2.37. The summed E-state index contributed by atoms with van der Waals surface area (Å²) in [6, 6.07) is 20.2. The molecule has 5 rings (SSSR count). The van der Waals surface area contributed by atoms with Crippen LogP contribution in [0.3, 0.4) is 0 Å². The van der Waals surface area contributed by atoms with Gasteiger partial charge >= 0.3 is 0 Å². The van der Waals surface area contributed by atoms with Gasteiger partial charge in [-0.3, -0.25) is 14.4 Å². The third-order valence-corrected chi connectivity index (χ3v) is 5.99. The number of rotatable bonds is 5. The van der Waals surface area contributed by atoms with Gasteiger partial charge in [0.15, 0.2) is 6.10 Å². The summed E-state index contributed by atoms with van der Waals surface area (Å²) in [7, 11) is 3.00. The zero-order valence-electron chi connectivity index (χ0n) is 18.0. The first-order valence-corrected chi connectivity index (χ1v) is 10.4. The Bertz CT molecular complexity index is 1200. The molecule has 0 unspecified atom stereocenters. The number of hydrogen-bond donors (Lipinski definition) is 1. The zero-order valence-corrected chi connectivity index (χ0v) is 18.0. The number of para-hydroxylation sites is 1. The van der Waals surface area contributed by atoms with Crippen LogP contribution < -0.4 is 19.4 Å². The van der Waals surface area contributed by atoms with Crippen molar-refractivity contribution in [2.75, 3.05) is 24.2 Å². The number of fused-ring (bicyclic) bond motifs is 1. The van der Waals surface area contributed by atoms with Gasteiger partial charge < -0.3 is 14.6 Å². The minimum Gasteiger partial charge on any atom is -0.508 e. The minimum atomic E-state index is -0.997. The third-order valence-electron chi connectivity index (χ3n) is 5.99. The molecular weight excluding hydrogens is 424 g/mol. The van der Waals surface area contributed by atoms with Crippen LogP contribution in [-0.2, 0) is 14.4 Å². The Morgan fingerprint density at radius 3 is 2.27 bits per heavy atom. The third kappa shape index (κ3) is 3.35. The van der Waals surface area contributed by atoms with Crippen molar-refractivity contribution >= 4 is 23.2 Å². The summed E-state index contributed by atoms with van der Waals surface area (Å²) < 4.78 is 10.7. The molecular formula is C25H22N2O6. The van der Waals surface area contributed by atoms with E-state index in [0.717, 1.165) is 16.2 Å². The lowest BCUT2D eigenvalue weighted by molar-refractivity contribution is -0.126. The number of phenolic OH excluding ortho intramolecular Hbond substituents is 1. The van der Waals surface area contributed by atoms with E-state index in [1.54, 1.807) is 47.5 Å². The fraction of sp³-hybridized carbons (Fsp3) is 0.200. The molecule has 2 heterocycles. The SMILES string of the molecule is COc1ccc(N2C(=O)[C@@H]3[C@@H](c4ccc(O)cc4)N(c4ccccc4)O[C@H]3C2=O)c(OC)c1. The molecule has 8 heteroatoms. The predicted octanol–water partition coefficient (Wildman–Crippen LogP) is 3.46. The summed E-state index contributed by atoms with van der Waals surface area (Å²) in [5.41, 5.74) is 1.80. The summed E-state index contributed by atoms with van der Waals surface area (Å²) in [6.07, 6.45) is -0.997. The van der Waals surface area contributed by atoms with Gasteiger partial charge in [0, 0.05) is 6.07 Å². The molecule has 0 radical (unpaired) electrons. The van der Waals surface area contributed by atoms with E-state index in [1.165, 1.54) is 14.2 Å². The van der Waals surface area contributed by atoms with Gasteiger partial charge in [0.05, 0.1) is 31.6 Å². The molecule has 33 heavy (non-hydrogen) atoms. The smallest absolute Gasteiger partial charge is 0.266 e. The number of hydrogen-bond acceptors (Lipinski definition) is 7. The number of ether oxygens (including phenoxy) is 2. The van der Waals surface area contributed by atoms with Crippen molar-refractivity contribution in [3.63, 3.8) is 0 Å². The first-order valence-electron chi connectivity index (χ1n) is 10.4. The number of methoxy groups -OCH3 is 2. The lowest BCUT2D eigenvalue weighted by Gasteiger charge is -2.29. The van der Waals surface area contributed by atoms with Gasteiger partial charge in [0.2, 0.25) is 5.91 Å². The largest absolute Gasteiger partial charge is 0.508 e. The van der Waals surface area contributed by atoms with Crippen LogP contribution >= 0.6 is 0 Å². The Hall–Kier alpha value is -4.04. The Labute approximate surface area is 190 Å². The highest BCUT2D eigenvalue weighted by atomic mass is 16.7. The van der Waals surface area contributed by atoms with E-state index < -0.39 is 24.0 Å². The Morgan fingerprint density at radius 2 is 1.61 bits per heavy atom. The summed E-state index contributed by atoms with van der Waals surface area (Å²) in [6.45, 7) is 0. The van der Waals surface area contributed by atoms with Crippen molar-refractivity contribution in [1.29, 1.82) is 0 Å². The van der Waals surface area contributed by atoms with Crippen molar-refractivity contribution in [1.82, 2.24) is 0 Å². The number of carbonyl (C=O) groups is 2. The molecule has 3 aromatic carbocycles. The maximum atomic E-state index is 13.7. The van der Waals surface area contributed by atoms with Crippen molar-refractivity contribution in [3.8, 4) is 17.2 Å². The fourth-order valence-electron chi connectivity index (χ4n) is 4.43. The van der Waals surface area contributed by atoms with Crippen molar-refractivity contribution in [2.45, 2.75) is 12.1 Å². The monoisotopic (exact) mass is 446 g/mol. The number of amides is 2. The predicted molar refractivity (Wildman–Crippen MR) is 120 cm³/mol. The zero-order chi connectivity index (χ0) is 23.1. The van der Waals surface area contributed by atoms with Crippen LogP contribution in [0.5, 0.6) is 17.2 Å². The number of benzene rings is 3. The van der Waals surface area contributed by atoms with Crippen LogP contribution in [-0.4, -0.2) is 37.2 Å². The molecule has 2 aliphatic heterocycles. The van der Waals surface area contributed by atoms with Gasteiger partial charge in [-0.2, -0.15) is 0 Å². The molecule has 1 N–H and O–H groups in total. The van der Waals surface area contributed by atoms with Gasteiger partial charge in [0.1, 0.15) is 23.2 Å². The molecule has 8 nitrogen and oxygen atoms in total. The molecule has 2 aliphatic rings. The number of nitrogens with zero attached hydrogens (tertiary/aromatic N) is 2. The number of anilines is 2. The maximum absolute atomic E-state index is 13.7. The van der Waals surface area contributed by atoms with Crippen molar-refractivity contribution in [3.05, 3.63) is 78.4 Å². The molecule has 0 saturated carbocycles. The van der Waals surface area contributed by atoms with Gasteiger partial charge in [-0.25, -0.2) is 9.96 Å². The fourth-order valence-corrected chi connectivity index (χ4v) is 4.43. The van der Waals surface area contributed by atoms with E-state index in [9.17, 15) is 14.7 Å². The first kappa shape index (κ1) is 20.8. The van der Waals surface area contributed by atoms with E-state index in [-0.39, 0.29) is 11.7 Å². The number of hydroxylamine groups is 1. The molecule has 0 bridgehead atoms. The Balaban J connectivity index is 1.58. The van der Waals surface area contributed by atoms with Gasteiger partial charge in [0.25, 0.3) is 5.91 Å². The summed E-state index contributed by atoms with van der Waals surface area (Å²) in [4.78, 5) is 34.4. The molecule has 3 atom stereocenters. The molecule has 2 saturated heterocycles. The molecule has 2 fully saturated rings. The molecule has 0 aromatic heterocycles. The van der Waals surface area contributed by atoms with Crippen LogP contribution in [0.15, 0.2) is 72.8 Å². The van der Waals surface area contributed by atoms with Gasteiger partial charge in [-0.1, -0.05) is 30.3 Å². The highest BCUT2D eigenvalue weighted by Gasteiger charge is 2.60. The summed E-state index contributed by atoms with van der Waals surface area (Å²) in [5, 5.41) is 11.4. The average molecular weight is 446 g/mol.